The smallest absolute Gasteiger partial charge is 0.408 e. The highest BCUT2D eigenvalue weighted by Gasteiger charge is 2.54. The van der Waals surface area contributed by atoms with Crippen molar-refractivity contribution in [2.75, 3.05) is 13.7 Å². The zero-order valence-corrected chi connectivity index (χ0v) is 27.6. The van der Waals surface area contributed by atoms with Gasteiger partial charge in [0.25, 0.3) is 0 Å². The van der Waals surface area contributed by atoms with Gasteiger partial charge >= 0.3 is 6.09 Å². The molecule has 2 bridgehead atoms. The lowest BCUT2D eigenvalue weighted by molar-refractivity contribution is -0.141. The van der Waals surface area contributed by atoms with Gasteiger partial charge in [-0.3, -0.25) is 9.59 Å². The number of carbonyl (C=O) groups is 3. The van der Waals surface area contributed by atoms with Crippen LogP contribution < -0.4 is 14.8 Å². The molecule has 2 aliphatic heterocycles. The maximum atomic E-state index is 14.3. The van der Waals surface area contributed by atoms with Gasteiger partial charge in [0.15, 0.2) is 5.78 Å². The highest BCUT2D eigenvalue weighted by atomic mass is 16.6. The van der Waals surface area contributed by atoms with Crippen LogP contribution in [-0.4, -0.2) is 70.6 Å². The number of nitrogens with one attached hydrogen (secondary N) is 1. The maximum absolute atomic E-state index is 14.3. The molecular weight excluding hydrogens is 572 g/mol. The Hall–Kier alpha value is -3.43. The topological polar surface area (TPSA) is 120 Å². The van der Waals surface area contributed by atoms with Crippen molar-refractivity contribution in [3.63, 3.8) is 0 Å². The van der Waals surface area contributed by atoms with E-state index in [9.17, 15) is 14.4 Å². The first-order chi connectivity index (χ1) is 21.4. The minimum Gasteiger partial charge on any atom is -0.497 e. The fourth-order valence-electron chi connectivity index (χ4n) is 7.86. The third kappa shape index (κ3) is 6.47. The van der Waals surface area contributed by atoms with Crippen LogP contribution >= 0.6 is 0 Å². The standard InChI is InChI=1S/C35H48N4O6/c1-20-28-19-39(29(20)21(2)40)32(41)30(34(3,4)5)38-33(42)45-27-18-35(14-15-35)17-22(27)10-8-7-9-11-25-31(44-28)37-26-16-23(43-6)12-13-24(26)36-25/h12-13,16,20,22,27-30H,7-11,14-15,17-19H2,1-6H3,(H,38,42)/t20-,22-,27-,28+,29+,30-/m1/s1. The molecule has 10 heteroatoms. The first kappa shape index (κ1) is 31.5. The van der Waals surface area contributed by atoms with Crippen molar-refractivity contribution in [2.24, 2.45) is 22.7 Å². The lowest BCUT2D eigenvalue weighted by Gasteiger charge is -2.35. The Balaban J connectivity index is 1.36. The molecule has 1 aromatic carbocycles. The Morgan fingerprint density at radius 1 is 1.04 bits per heavy atom. The third-order valence-corrected chi connectivity index (χ3v) is 10.6. The molecule has 10 nitrogen and oxygen atoms in total. The number of methoxy groups -OCH3 is 1. The number of aromatic nitrogens is 2. The third-order valence-electron chi connectivity index (χ3n) is 10.6. The fourth-order valence-corrected chi connectivity index (χ4v) is 7.86. The average molecular weight is 621 g/mol. The molecule has 1 N–H and O–H groups in total. The number of Topliss-reactive ketones (excluding diaryl/α,β-unsaturated/α-hetero) is 1. The van der Waals surface area contributed by atoms with Crippen molar-refractivity contribution in [3.8, 4) is 11.6 Å². The number of hydrogen-bond acceptors (Lipinski definition) is 8. The van der Waals surface area contributed by atoms with Gasteiger partial charge in [-0.15, -0.1) is 0 Å². The van der Waals surface area contributed by atoms with Crippen LogP contribution in [0.5, 0.6) is 11.6 Å². The quantitative estimate of drug-likeness (QED) is 0.458. The molecule has 4 aliphatic rings. The van der Waals surface area contributed by atoms with Crippen molar-refractivity contribution >= 4 is 28.8 Å². The first-order valence-electron chi connectivity index (χ1n) is 16.7. The van der Waals surface area contributed by atoms with E-state index in [4.69, 9.17) is 24.2 Å². The molecule has 2 saturated carbocycles. The summed E-state index contributed by atoms with van der Waals surface area (Å²) in [4.78, 5) is 52.2. The number of carbonyl (C=O) groups excluding carboxylic acids is 3. The summed E-state index contributed by atoms with van der Waals surface area (Å²) in [5.74, 6) is 0.697. The van der Waals surface area contributed by atoms with Crippen molar-refractivity contribution in [1.29, 1.82) is 0 Å². The summed E-state index contributed by atoms with van der Waals surface area (Å²) in [6.07, 6.45) is 7.88. The monoisotopic (exact) mass is 620 g/mol. The van der Waals surface area contributed by atoms with Crippen LogP contribution in [0.4, 0.5) is 4.79 Å². The Labute approximate surface area is 266 Å². The summed E-state index contributed by atoms with van der Waals surface area (Å²) in [7, 11) is 1.62. The average Bonchev–Trinajstić information content (AvgIpc) is 3.53. The maximum Gasteiger partial charge on any atom is 0.408 e. The number of rotatable bonds is 2. The normalized spacial score (nSPS) is 30.4. The number of aryl methyl sites for hydroxylation is 1. The lowest BCUT2D eigenvalue weighted by atomic mass is 9.85. The Bertz CT molecular complexity index is 1470. The van der Waals surface area contributed by atoms with Gasteiger partial charge in [0.2, 0.25) is 11.8 Å². The van der Waals surface area contributed by atoms with Crippen LogP contribution in [-0.2, 0) is 20.7 Å². The van der Waals surface area contributed by atoms with Gasteiger partial charge in [0.1, 0.15) is 29.7 Å². The Morgan fingerprint density at radius 3 is 2.51 bits per heavy atom. The summed E-state index contributed by atoms with van der Waals surface area (Å²) < 4.78 is 18.1. The molecule has 244 valence electrons. The van der Waals surface area contributed by atoms with Gasteiger partial charge in [-0.2, -0.15) is 0 Å². The van der Waals surface area contributed by atoms with E-state index in [-0.39, 0.29) is 30.3 Å². The number of ketones is 1. The fraction of sp³-hybridized carbons (Fsp3) is 0.686. The second kappa shape index (κ2) is 12.1. The van der Waals surface area contributed by atoms with E-state index >= 15 is 0 Å². The zero-order valence-electron chi connectivity index (χ0n) is 27.6. The Kier molecular flexibility index (Phi) is 8.46. The molecule has 6 atom stereocenters. The molecule has 0 radical (unpaired) electrons. The van der Waals surface area contributed by atoms with E-state index < -0.39 is 29.7 Å². The minimum absolute atomic E-state index is 0.124. The molecule has 0 unspecified atom stereocenters. The van der Waals surface area contributed by atoms with E-state index in [1.165, 1.54) is 19.8 Å². The first-order valence-corrected chi connectivity index (χ1v) is 16.7. The predicted octanol–water partition coefficient (Wildman–Crippen LogP) is 5.64. The molecule has 2 aromatic rings. The van der Waals surface area contributed by atoms with E-state index in [0.717, 1.165) is 49.7 Å². The molecule has 6 rings (SSSR count). The van der Waals surface area contributed by atoms with Crippen LogP contribution in [0.15, 0.2) is 18.2 Å². The van der Waals surface area contributed by atoms with E-state index in [0.29, 0.717) is 34.9 Å². The van der Waals surface area contributed by atoms with E-state index in [1.807, 2.05) is 45.9 Å². The summed E-state index contributed by atoms with van der Waals surface area (Å²) in [6, 6.07) is 4.05. The molecule has 3 fully saturated rings. The van der Waals surface area contributed by atoms with Crippen molar-refractivity contribution in [1.82, 2.24) is 20.2 Å². The van der Waals surface area contributed by atoms with Crippen LogP contribution in [0.1, 0.15) is 91.7 Å². The highest BCUT2D eigenvalue weighted by molar-refractivity contribution is 5.92. The lowest BCUT2D eigenvalue weighted by Crippen LogP contribution is -2.57. The van der Waals surface area contributed by atoms with E-state index in [2.05, 4.69) is 5.32 Å². The van der Waals surface area contributed by atoms with Crippen LogP contribution in [0, 0.1) is 22.7 Å². The number of ether oxygens (including phenoxy) is 3. The van der Waals surface area contributed by atoms with Crippen molar-refractivity contribution in [3.05, 3.63) is 23.9 Å². The number of fused-ring (bicyclic) bond motifs is 5. The summed E-state index contributed by atoms with van der Waals surface area (Å²) >= 11 is 0. The predicted molar refractivity (Wildman–Crippen MR) is 169 cm³/mol. The van der Waals surface area contributed by atoms with Gasteiger partial charge in [-0.05, 0) is 80.8 Å². The minimum atomic E-state index is -0.880. The number of alkyl carbamates (subject to hydrolysis) is 1. The number of amides is 2. The summed E-state index contributed by atoms with van der Waals surface area (Å²) in [5, 5.41) is 2.94. The molecule has 1 aromatic heterocycles. The van der Waals surface area contributed by atoms with Crippen LogP contribution in [0.3, 0.4) is 0 Å². The van der Waals surface area contributed by atoms with Gasteiger partial charge in [-0.1, -0.05) is 40.5 Å². The SMILES string of the molecule is COc1ccc2nc3c(nc2c1)O[C@H]1CN(C(=O)[C@H](C(C)(C)C)NC(=O)O[C@@H]2CC4(CC4)C[C@H]2CCCCC3)[C@H](C(C)=O)[C@@H]1C. The number of nitrogens with zero attached hydrogens (tertiary/aromatic N) is 3. The largest absolute Gasteiger partial charge is 0.497 e. The van der Waals surface area contributed by atoms with Gasteiger partial charge in [0, 0.05) is 12.0 Å². The second-order valence-corrected chi connectivity index (χ2v) is 15.0. The van der Waals surface area contributed by atoms with Crippen LogP contribution in [0.2, 0.25) is 0 Å². The zero-order chi connectivity index (χ0) is 32.1. The van der Waals surface area contributed by atoms with Crippen molar-refractivity contribution < 1.29 is 28.6 Å². The van der Waals surface area contributed by atoms with Gasteiger partial charge in [0.05, 0.1) is 30.7 Å². The number of hydrogen-bond donors (Lipinski definition) is 1. The highest BCUT2D eigenvalue weighted by Crippen LogP contribution is 2.61. The van der Waals surface area contributed by atoms with Gasteiger partial charge in [-0.25, -0.2) is 14.8 Å². The van der Waals surface area contributed by atoms with E-state index in [1.54, 1.807) is 12.0 Å². The molecule has 45 heavy (non-hydrogen) atoms. The molecule has 2 aliphatic carbocycles. The molecule has 1 spiro atoms. The van der Waals surface area contributed by atoms with Crippen molar-refractivity contribution in [2.45, 2.75) is 117 Å². The number of benzene rings is 1. The molecule has 3 heterocycles. The molecule has 1 saturated heterocycles. The molecule has 2 amide bonds. The summed E-state index contributed by atoms with van der Waals surface area (Å²) in [5.41, 5.74) is 1.90. The van der Waals surface area contributed by atoms with Gasteiger partial charge < -0.3 is 24.4 Å². The summed E-state index contributed by atoms with van der Waals surface area (Å²) in [6.45, 7) is 9.39. The molecular formula is C35H48N4O6. The Morgan fingerprint density at radius 2 is 1.82 bits per heavy atom. The second-order valence-electron chi connectivity index (χ2n) is 15.0. The van der Waals surface area contributed by atoms with Crippen LogP contribution in [0.25, 0.3) is 11.0 Å².